The molecule has 0 unspecified atom stereocenters. The van der Waals surface area contributed by atoms with E-state index in [1.165, 1.54) is 47.6 Å². The van der Waals surface area contributed by atoms with Crippen LogP contribution in [0.1, 0.15) is 75.9 Å². The number of allylic oxidation sites excluding steroid dienone is 6. The molecule has 13 heteroatoms. The van der Waals surface area contributed by atoms with E-state index in [-0.39, 0.29) is 117 Å². The summed E-state index contributed by atoms with van der Waals surface area (Å²) in [5.74, 6) is -1.15. The van der Waals surface area contributed by atoms with Crippen molar-refractivity contribution < 1.29 is 121 Å². The van der Waals surface area contributed by atoms with E-state index in [4.69, 9.17) is 0 Å². The molecule has 0 fully saturated rings. The van der Waals surface area contributed by atoms with Crippen molar-refractivity contribution in [2.45, 2.75) is 70.1 Å². The number of nitrogens with zero attached hydrogens (tertiary/aromatic N) is 2. The van der Waals surface area contributed by atoms with Crippen LogP contribution in [0.5, 0.6) is 0 Å². The Kier molecular flexibility index (Phi) is 16.5. The van der Waals surface area contributed by atoms with Crippen molar-refractivity contribution in [2.24, 2.45) is 5.92 Å². The molecule has 0 bridgehead atoms. The molecule has 2 aliphatic heterocycles. The van der Waals surface area contributed by atoms with E-state index in [0.29, 0.717) is 23.4 Å². The molecule has 7 rings (SSSR count). The molecule has 0 spiro atoms. The van der Waals surface area contributed by atoms with Crippen LogP contribution < -0.4 is 104 Å². The molecule has 0 aliphatic carbocycles. The van der Waals surface area contributed by atoms with Gasteiger partial charge in [-0.2, -0.15) is 24.3 Å². The monoisotopic (exact) mass is 861 g/mol. The zero-order valence-electron chi connectivity index (χ0n) is 36.6. The number of carboxylic acids is 1. The van der Waals surface area contributed by atoms with E-state index in [1.54, 1.807) is 6.07 Å². The van der Waals surface area contributed by atoms with E-state index in [1.807, 2.05) is 48.8 Å². The molecule has 0 saturated carbocycles. The van der Waals surface area contributed by atoms with Crippen LogP contribution in [0.3, 0.4) is 0 Å². The second-order valence-corrected chi connectivity index (χ2v) is 17.9. The quantitative estimate of drug-likeness (QED) is 0.0623. The number of anilines is 2. The van der Waals surface area contributed by atoms with Crippen LogP contribution in [0.2, 0.25) is 0 Å². The van der Waals surface area contributed by atoms with Crippen molar-refractivity contribution in [3.8, 4) is 0 Å². The third-order valence-electron chi connectivity index (χ3n) is 11.3. The Balaban J connectivity index is 0.00000273. The van der Waals surface area contributed by atoms with E-state index in [0.717, 1.165) is 50.9 Å². The van der Waals surface area contributed by atoms with E-state index < -0.39 is 21.5 Å². The first kappa shape index (κ1) is 50.7. The number of fused-ring (bicyclic) bond motifs is 6. The fraction of sp³-hybridized carbons (Fsp3) is 0.250. The third-order valence-corrected chi connectivity index (χ3v) is 12.1. The molecule has 1 amide bonds. The molecule has 1 N–H and O–H groups in total. The van der Waals surface area contributed by atoms with Crippen molar-refractivity contribution in [1.29, 1.82) is 0 Å². The molecular weight excluding hydrogens is 816 g/mol. The number of hydrogen-bond donors (Lipinski definition) is 1. The van der Waals surface area contributed by atoms with Crippen molar-refractivity contribution >= 4 is 66.3 Å². The summed E-state index contributed by atoms with van der Waals surface area (Å²) in [6, 6.07) is 27.9. The van der Waals surface area contributed by atoms with Gasteiger partial charge in [0.1, 0.15) is 15.8 Å². The fourth-order valence-corrected chi connectivity index (χ4v) is 9.01. The fourth-order valence-electron chi connectivity index (χ4n) is 8.51. The number of rotatable bonds is 11. The molecule has 2 heterocycles. The van der Waals surface area contributed by atoms with Crippen LogP contribution in [-0.4, -0.2) is 41.7 Å². The molecule has 2 aliphatic rings. The summed E-state index contributed by atoms with van der Waals surface area (Å²) in [5, 5.41) is 17.9. The molecule has 0 radical (unpaired) electrons. The van der Waals surface area contributed by atoms with Crippen LogP contribution in [0.15, 0.2) is 125 Å². The maximum absolute atomic E-state index is 13.3. The maximum Gasteiger partial charge on any atom is 1.00 e. The Morgan fingerprint density at radius 1 is 0.885 bits per heavy atom. The number of aromatic carboxylic acids is 1. The molecule has 0 saturated heterocycles. The van der Waals surface area contributed by atoms with Gasteiger partial charge in [0.15, 0.2) is 0 Å². The molecule has 298 valence electrons. The number of amides is 1. The molecule has 5 aromatic rings. The van der Waals surface area contributed by atoms with Crippen LogP contribution in [0.25, 0.3) is 21.5 Å². The Morgan fingerprint density at radius 2 is 1.54 bits per heavy atom. The van der Waals surface area contributed by atoms with Crippen LogP contribution in [-0.2, 0) is 25.7 Å². The van der Waals surface area contributed by atoms with Crippen molar-refractivity contribution in [3.63, 3.8) is 0 Å². The normalized spacial score (nSPS) is 16.0. The smallest absolute Gasteiger partial charge is 0.744 e. The summed E-state index contributed by atoms with van der Waals surface area (Å²) in [4.78, 5) is 26.7. The average molecular weight is 862 g/mol. The van der Waals surface area contributed by atoms with Crippen molar-refractivity contribution in [2.75, 3.05) is 16.8 Å². The number of nitrogens with one attached hydrogen (secondary N) is 1. The summed E-state index contributed by atoms with van der Waals surface area (Å²) in [7, 11) is -0.291. The minimum Gasteiger partial charge on any atom is -0.744 e. The Morgan fingerprint density at radius 3 is 2.20 bits per heavy atom. The first-order chi connectivity index (χ1) is 27.4. The summed E-state index contributed by atoms with van der Waals surface area (Å²) >= 11 is 0. The Bertz CT molecular complexity index is 2760. The predicted octanol–water partition coefficient (Wildman–Crippen LogP) is -0.520. The van der Waals surface area contributed by atoms with Gasteiger partial charge in [-0.3, -0.25) is 4.79 Å². The van der Waals surface area contributed by atoms with Gasteiger partial charge in [0.2, 0.25) is 5.91 Å². The van der Waals surface area contributed by atoms with Gasteiger partial charge in [-0.05, 0) is 82.3 Å². The molecule has 9 nitrogen and oxygen atoms in total. The molecule has 61 heavy (non-hydrogen) atoms. The first-order valence-electron chi connectivity index (χ1n) is 19.3. The summed E-state index contributed by atoms with van der Waals surface area (Å²) in [5.41, 5.74) is 6.43. The zero-order valence-corrected chi connectivity index (χ0v) is 43.4. The zero-order chi connectivity index (χ0) is 41.7. The van der Waals surface area contributed by atoms with Crippen LogP contribution >= 0.6 is 0 Å². The van der Waals surface area contributed by atoms with Gasteiger partial charge in [0.05, 0.1) is 16.6 Å². The minimum atomic E-state index is -4.67. The number of carbonyl (C=O) groups is 2. The van der Waals surface area contributed by atoms with Gasteiger partial charge in [0.25, 0.3) is 0 Å². The van der Waals surface area contributed by atoms with Gasteiger partial charge < -0.3 is 29.2 Å². The molecule has 5 aromatic carbocycles. The Hall–Kier alpha value is -2.97. The average Bonchev–Trinajstić information content (AvgIpc) is 3.50. The number of carboxylic acid groups (broad SMARTS) is 1. The largest absolute Gasteiger partial charge is 1.00 e. The van der Waals surface area contributed by atoms with Gasteiger partial charge in [-0.1, -0.05) is 95.7 Å². The van der Waals surface area contributed by atoms with Gasteiger partial charge in [-0.25, -0.2) is 8.42 Å². The molecule has 0 atom stereocenters. The maximum atomic E-state index is 13.3. The van der Waals surface area contributed by atoms with Gasteiger partial charge in [0, 0.05) is 47.9 Å². The molecule has 0 aromatic heterocycles. The molecular formula is C48H46N3Na3O6S. The van der Waals surface area contributed by atoms with Gasteiger partial charge >= 0.3 is 88.7 Å². The predicted molar refractivity (Wildman–Crippen MR) is 227 cm³/mol. The second-order valence-electron chi connectivity index (χ2n) is 16.5. The minimum absolute atomic E-state index is 0. The van der Waals surface area contributed by atoms with Crippen LogP contribution in [0, 0.1) is 19.0 Å². The second kappa shape index (κ2) is 19.8. The van der Waals surface area contributed by atoms with Gasteiger partial charge in [-0.15, -0.1) is 10.8 Å². The number of benzene rings is 5. The van der Waals surface area contributed by atoms with E-state index >= 15 is 0 Å². The standard InChI is InChI=1S/C48H48N3O6S.3Na/c1-30(2)29-51-40-24-19-32-10-8-9-11-37(32)44(40)48(5,6)42(51)26-13-31(14-27-43(52)49-35-20-15-34(16-21-35)46(53)54)12-25-41-47(3,4)45-38-28-36(58(55,56)57)22-17-33(38)18-23-39(45)50(41)7;;;/h8,10-13,15-26,28,30H,7,14,27,29H2,1-6H3,(H,49,52)(H,53,54)(H,55,56,57);;;/q-1;3*+1/p-2/b25-12+,31-13-,42-26+;;;. The van der Waals surface area contributed by atoms with Crippen molar-refractivity contribution in [3.05, 3.63) is 150 Å². The summed E-state index contributed by atoms with van der Waals surface area (Å²) in [6.07, 6.45) is 8.76. The summed E-state index contributed by atoms with van der Waals surface area (Å²) in [6.45, 7) is 13.8. The van der Waals surface area contributed by atoms with Crippen LogP contribution in [0.4, 0.5) is 17.1 Å². The van der Waals surface area contributed by atoms with E-state index in [9.17, 15) is 27.7 Å². The Labute approximate surface area is 425 Å². The number of carbonyl (C=O) groups excluding carboxylic acids is 2. The third kappa shape index (κ3) is 10.2. The van der Waals surface area contributed by atoms with Crippen molar-refractivity contribution in [1.82, 2.24) is 0 Å². The topological polar surface area (TPSA) is 133 Å². The first-order valence-corrected chi connectivity index (χ1v) is 20.7. The number of hydrogen-bond acceptors (Lipinski definition) is 7. The van der Waals surface area contributed by atoms with E-state index in [2.05, 4.69) is 87.4 Å². The SMILES string of the molecule is [CH2-][N+]1=C(/C=C/C(=C/C=C2/N(CC(C)C)c3ccc4cc[c-]cc4c3C2(C)C)CCC(=O)Nc2ccc(C(=O)[O-])cc2)C(C)(C)c2c1ccc1ccc(S(=O)(=O)[O-])cc21.[Na+].[Na+].[Na+]. The summed E-state index contributed by atoms with van der Waals surface area (Å²) < 4.78 is 37.9.